The van der Waals surface area contributed by atoms with E-state index in [4.69, 9.17) is 4.74 Å². The van der Waals surface area contributed by atoms with Crippen LogP contribution in [-0.2, 0) is 0 Å². The predicted octanol–water partition coefficient (Wildman–Crippen LogP) is 8.21. The molecule has 0 radical (unpaired) electrons. The Labute approximate surface area is 171 Å². The van der Waals surface area contributed by atoms with Gasteiger partial charge >= 0.3 is 0 Å². The molecular formula is C26H39FO. The van der Waals surface area contributed by atoms with E-state index in [1.165, 1.54) is 76.2 Å². The highest BCUT2D eigenvalue weighted by atomic mass is 19.1. The van der Waals surface area contributed by atoms with Crippen LogP contribution in [0, 0.1) is 17.8 Å². The van der Waals surface area contributed by atoms with Crippen molar-refractivity contribution >= 4 is 0 Å². The first-order valence-corrected chi connectivity index (χ1v) is 11.8. The monoisotopic (exact) mass is 386 g/mol. The lowest BCUT2D eigenvalue weighted by atomic mass is 9.74. The van der Waals surface area contributed by atoms with E-state index in [-0.39, 0.29) is 0 Å². The standard InChI is InChI=1S/C26H39FO/c1-2-28-26-18-16-25(17-19-26)24-14-12-23(13-15-24)11-10-22-8-6-21(7-9-22)5-3-4-20-27/h4,16-24H,2-3,5-15H2,1H3/b20-4+. The molecule has 3 rings (SSSR count). The summed E-state index contributed by atoms with van der Waals surface area (Å²) in [6.45, 7) is 2.77. The van der Waals surface area contributed by atoms with Crippen LogP contribution >= 0.6 is 0 Å². The molecule has 0 amide bonds. The van der Waals surface area contributed by atoms with Crippen molar-refractivity contribution in [2.45, 2.75) is 89.9 Å². The lowest BCUT2D eigenvalue weighted by molar-refractivity contribution is 0.225. The quantitative estimate of drug-likeness (QED) is 0.415. The molecule has 1 nitrogen and oxygen atoms in total. The van der Waals surface area contributed by atoms with E-state index >= 15 is 0 Å². The number of hydrogen-bond acceptors (Lipinski definition) is 1. The Morgan fingerprint density at radius 1 is 0.821 bits per heavy atom. The second-order valence-electron chi connectivity index (χ2n) is 9.12. The normalized spacial score (nSPS) is 28.5. The minimum absolute atomic E-state index is 0.705. The zero-order valence-corrected chi connectivity index (χ0v) is 17.8. The molecule has 2 aliphatic rings. The predicted molar refractivity (Wildman–Crippen MR) is 116 cm³/mol. The Balaban J connectivity index is 1.32. The Bertz CT molecular complexity index is 563. The third-order valence-corrected chi connectivity index (χ3v) is 7.29. The number of benzene rings is 1. The van der Waals surface area contributed by atoms with Gasteiger partial charge in [0, 0.05) is 0 Å². The van der Waals surface area contributed by atoms with Gasteiger partial charge in [0.2, 0.25) is 0 Å². The maximum atomic E-state index is 12.1. The summed E-state index contributed by atoms with van der Waals surface area (Å²) in [4.78, 5) is 0. The second-order valence-corrected chi connectivity index (χ2v) is 9.12. The van der Waals surface area contributed by atoms with Gasteiger partial charge in [-0.05, 0) is 86.8 Å². The summed E-state index contributed by atoms with van der Waals surface area (Å²) in [7, 11) is 0. The van der Waals surface area contributed by atoms with Gasteiger partial charge in [-0.25, -0.2) is 4.39 Å². The third-order valence-electron chi connectivity index (χ3n) is 7.29. The lowest BCUT2D eigenvalue weighted by Crippen LogP contribution is -2.17. The molecule has 0 atom stereocenters. The zero-order valence-electron chi connectivity index (χ0n) is 17.8. The topological polar surface area (TPSA) is 9.23 Å². The largest absolute Gasteiger partial charge is 0.494 e. The zero-order chi connectivity index (χ0) is 19.6. The minimum Gasteiger partial charge on any atom is -0.494 e. The minimum atomic E-state index is 0.705. The summed E-state index contributed by atoms with van der Waals surface area (Å²) in [5.74, 6) is 4.49. The number of ether oxygens (including phenoxy) is 1. The van der Waals surface area contributed by atoms with Crippen molar-refractivity contribution in [3.63, 3.8) is 0 Å². The molecule has 0 N–H and O–H groups in total. The summed E-state index contributed by atoms with van der Waals surface area (Å²) in [6.07, 6.45) is 18.4. The van der Waals surface area contributed by atoms with E-state index in [1.54, 1.807) is 6.08 Å². The Hall–Kier alpha value is -1.31. The van der Waals surface area contributed by atoms with Crippen LogP contribution < -0.4 is 4.74 Å². The highest BCUT2D eigenvalue weighted by Crippen LogP contribution is 2.40. The summed E-state index contributed by atoms with van der Waals surface area (Å²) < 4.78 is 17.6. The van der Waals surface area contributed by atoms with Crippen LogP contribution in [0.25, 0.3) is 0 Å². The molecule has 0 aromatic heterocycles. The Morgan fingerprint density at radius 2 is 1.36 bits per heavy atom. The maximum Gasteiger partial charge on any atom is 0.119 e. The number of halogens is 1. The summed E-state index contributed by atoms with van der Waals surface area (Å²) in [6, 6.07) is 8.82. The van der Waals surface area contributed by atoms with Crippen LogP contribution in [0.1, 0.15) is 95.5 Å². The fraction of sp³-hybridized carbons (Fsp3) is 0.692. The first-order chi connectivity index (χ1) is 13.8. The van der Waals surface area contributed by atoms with Crippen LogP contribution in [0.4, 0.5) is 4.39 Å². The Morgan fingerprint density at radius 3 is 1.89 bits per heavy atom. The van der Waals surface area contributed by atoms with Gasteiger partial charge in [0.1, 0.15) is 5.75 Å². The highest BCUT2D eigenvalue weighted by molar-refractivity contribution is 5.29. The molecule has 2 fully saturated rings. The fourth-order valence-electron chi connectivity index (χ4n) is 5.46. The van der Waals surface area contributed by atoms with Crippen LogP contribution in [0.5, 0.6) is 5.75 Å². The number of rotatable bonds is 9. The molecule has 0 unspecified atom stereocenters. The van der Waals surface area contributed by atoms with E-state index in [0.29, 0.717) is 6.33 Å². The SMILES string of the molecule is CCOc1ccc(C2CCC(CCC3CCC(CC/C=C/F)CC3)CC2)cc1. The smallest absolute Gasteiger partial charge is 0.119 e. The van der Waals surface area contributed by atoms with Crippen molar-refractivity contribution in [1.29, 1.82) is 0 Å². The van der Waals surface area contributed by atoms with Crippen LogP contribution in [0.3, 0.4) is 0 Å². The van der Waals surface area contributed by atoms with Crippen LogP contribution in [-0.4, -0.2) is 6.61 Å². The van der Waals surface area contributed by atoms with Crippen molar-refractivity contribution in [1.82, 2.24) is 0 Å². The average Bonchev–Trinajstić information content (AvgIpc) is 2.75. The summed E-state index contributed by atoms with van der Waals surface area (Å²) >= 11 is 0. The van der Waals surface area contributed by atoms with Crippen LogP contribution in [0.15, 0.2) is 36.7 Å². The van der Waals surface area contributed by atoms with Gasteiger partial charge in [-0.2, -0.15) is 0 Å². The first-order valence-electron chi connectivity index (χ1n) is 11.8. The van der Waals surface area contributed by atoms with E-state index in [2.05, 4.69) is 24.3 Å². The average molecular weight is 387 g/mol. The lowest BCUT2D eigenvalue weighted by Gasteiger charge is -2.32. The molecule has 0 spiro atoms. The molecule has 156 valence electrons. The van der Waals surface area contributed by atoms with Gasteiger partial charge in [-0.1, -0.05) is 56.7 Å². The Kier molecular flexibility index (Phi) is 8.89. The van der Waals surface area contributed by atoms with Gasteiger partial charge in [-0.15, -0.1) is 0 Å². The van der Waals surface area contributed by atoms with Crippen molar-refractivity contribution in [2.75, 3.05) is 6.61 Å². The fourth-order valence-corrected chi connectivity index (χ4v) is 5.46. The maximum absolute atomic E-state index is 12.1. The van der Waals surface area contributed by atoms with Gasteiger partial charge in [-0.3, -0.25) is 0 Å². The van der Waals surface area contributed by atoms with Gasteiger partial charge in [0.15, 0.2) is 0 Å². The van der Waals surface area contributed by atoms with Gasteiger partial charge in [0.25, 0.3) is 0 Å². The molecule has 28 heavy (non-hydrogen) atoms. The molecule has 1 aromatic rings. The first kappa shape index (κ1) is 21.4. The molecule has 2 aliphatic carbocycles. The van der Waals surface area contributed by atoms with Crippen LogP contribution in [0.2, 0.25) is 0 Å². The summed E-state index contributed by atoms with van der Waals surface area (Å²) in [5, 5.41) is 0. The van der Waals surface area contributed by atoms with E-state index in [1.807, 2.05) is 6.92 Å². The number of hydrogen-bond donors (Lipinski definition) is 0. The molecule has 0 saturated heterocycles. The van der Waals surface area contributed by atoms with E-state index in [9.17, 15) is 4.39 Å². The molecule has 2 saturated carbocycles. The van der Waals surface area contributed by atoms with Gasteiger partial charge in [0.05, 0.1) is 12.9 Å². The second kappa shape index (κ2) is 11.6. The van der Waals surface area contributed by atoms with Crippen molar-refractivity contribution in [3.05, 3.63) is 42.2 Å². The van der Waals surface area contributed by atoms with E-state index in [0.717, 1.165) is 42.4 Å². The highest BCUT2D eigenvalue weighted by Gasteiger charge is 2.25. The molecule has 0 bridgehead atoms. The number of allylic oxidation sites excluding steroid dienone is 1. The van der Waals surface area contributed by atoms with Crippen molar-refractivity contribution in [3.8, 4) is 5.75 Å². The van der Waals surface area contributed by atoms with Gasteiger partial charge < -0.3 is 4.74 Å². The third kappa shape index (κ3) is 6.64. The molecule has 0 heterocycles. The van der Waals surface area contributed by atoms with Crippen molar-refractivity contribution < 1.29 is 9.13 Å². The molecule has 0 aliphatic heterocycles. The summed E-state index contributed by atoms with van der Waals surface area (Å²) in [5.41, 5.74) is 1.50. The molecule has 2 heteroatoms. The van der Waals surface area contributed by atoms with Crippen molar-refractivity contribution in [2.24, 2.45) is 17.8 Å². The van der Waals surface area contributed by atoms with E-state index < -0.39 is 0 Å². The molecular weight excluding hydrogens is 347 g/mol. The molecule has 1 aromatic carbocycles.